The fourth-order valence-corrected chi connectivity index (χ4v) is 2.32. The van der Waals surface area contributed by atoms with Crippen molar-refractivity contribution < 1.29 is 14.6 Å². The molecule has 108 valence electrons. The second-order valence-electron chi connectivity index (χ2n) is 4.89. The third-order valence-electron chi connectivity index (χ3n) is 3.46. The molecule has 1 aromatic rings. The number of nitrogens with zero attached hydrogens (tertiary/aromatic N) is 1. The van der Waals surface area contributed by atoms with Crippen LogP contribution in [-0.4, -0.2) is 49.5 Å². The van der Waals surface area contributed by atoms with E-state index in [9.17, 15) is 0 Å². The SMILES string of the molecule is COc1ccc(CN2CCOCC2C)cc1C#CCO. The number of benzene rings is 1. The molecule has 0 saturated carbocycles. The maximum atomic E-state index is 8.82. The summed E-state index contributed by atoms with van der Waals surface area (Å²) in [5.74, 6) is 6.35. The molecule has 4 nitrogen and oxygen atoms in total. The molecule has 0 aliphatic carbocycles. The molecule has 1 aliphatic heterocycles. The second-order valence-corrected chi connectivity index (χ2v) is 4.89. The summed E-state index contributed by atoms with van der Waals surface area (Å²) >= 11 is 0. The summed E-state index contributed by atoms with van der Waals surface area (Å²) in [6.07, 6.45) is 0. The Kier molecular flexibility index (Phi) is 5.42. The summed E-state index contributed by atoms with van der Waals surface area (Å²) in [6.45, 7) is 5.43. The van der Waals surface area contributed by atoms with Gasteiger partial charge in [-0.05, 0) is 24.6 Å². The number of ether oxygens (including phenoxy) is 2. The number of hydrogen-bond acceptors (Lipinski definition) is 4. The van der Waals surface area contributed by atoms with E-state index in [1.54, 1.807) is 7.11 Å². The van der Waals surface area contributed by atoms with Crippen LogP contribution in [0.3, 0.4) is 0 Å². The van der Waals surface area contributed by atoms with E-state index in [0.29, 0.717) is 6.04 Å². The third-order valence-corrected chi connectivity index (χ3v) is 3.46. The molecular formula is C16H21NO3. The monoisotopic (exact) mass is 275 g/mol. The van der Waals surface area contributed by atoms with Crippen molar-refractivity contribution in [3.63, 3.8) is 0 Å². The first-order chi connectivity index (χ1) is 9.74. The quantitative estimate of drug-likeness (QED) is 0.843. The zero-order valence-corrected chi connectivity index (χ0v) is 12.1. The van der Waals surface area contributed by atoms with E-state index < -0.39 is 0 Å². The molecule has 1 aromatic carbocycles. The zero-order valence-electron chi connectivity index (χ0n) is 12.1. The molecule has 1 fully saturated rings. The number of methoxy groups -OCH3 is 1. The lowest BCUT2D eigenvalue weighted by Crippen LogP contribution is -2.42. The van der Waals surface area contributed by atoms with Crippen molar-refractivity contribution in [2.75, 3.05) is 33.5 Å². The highest BCUT2D eigenvalue weighted by atomic mass is 16.5. The molecule has 0 amide bonds. The van der Waals surface area contributed by atoms with Crippen molar-refractivity contribution in [3.05, 3.63) is 29.3 Å². The number of aliphatic hydroxyl groups excluding tert-OH is 1. The van der Waals surface area contributed by atoms with Gasteiger partial charge in [-0.1, -0.05) is 17.9 Å². The Morgan fingerprint density at radius 1 is 1.50 bits per heavy atom. The van der Waals surface area contributed by atoms with E-state index in [-0.39, 0.29) is 6.61 Å². The summed E-state index contributed by atoms with van der Waals surface area (Å²) in [5.41, 5.74) is 2.02. The highest BCUT2D eigenvalue weighted by molar-refractivity contribution is 5.48. The van der Waals surface area contributed by atoms with Gasteiger partial charge in [0.2, 0.25) is 0 Å². The Balaban J connectivity index is 2.15. The lowest BCUT2D eigenvalue weighted by Gasteiger charge is -2.33. The van der Waals surface area contributed by atoms with Gasteiger partial charge in [-0.2, -0.15) is 0 Å². The number of hydrogen-bond donors (Lipinski definition) is 1. The van der Waals surface area contributed by atoms with Gasteiger partial charge in [0, 0.05) is 19.1 Å². The van der Waals surface area contributed by atoms with Crippen LogP contribution < -0.4 is 4.74 Å². The van der Waals surface area contributed by atoms with Crippen molar-refractivity contribution in [2.45, 2.75) is 19.5 Å². The van der Waals surface area contributed by atoms with E-state index in [2.05, 4.69) is 29.7 Å². The zero-order chi connectivity index (χ0) is 14.4. The Morgan fingerprint density at radius 2 is 2.35 bits per heavy atom. The Bertz CT molecular complexity index is 504. The smallest absolute Gasteiger partial charge is 0.134 e. The van der Waals surface area contributed by atoms with Crippen molar-refractivity contribution in [1.82, 2.24) is 4.90 Å². The van der Waals surface area contributed by atoms with E-state index in [1.165, 1.54) is 5.56 Å². The first-order valence-corrected chi connectivity index (χ1v) is 6.83. The summed E-state index contributed by atoms with van der Waals surface area (Å²) in [7, 11) is 1.63. The summed E-state index contributed by atoms with van der Waals surface area (Å²) in [5, 5.41) is 8.82. The van der Waals surface area contributed by atoms with E-state index in [0.717, 1.165) is 37.6 Å². The van der Waals surface area contributed by atoms with E-state index in [1.807, 2.05) is 12.1 Å². The topological polar surface area (TPSA) is 41.9 Å². The predicted molar refractivity (Wildman–Crippen MR) is 77.6 cm³/mol. The van der Waals surface area contributed by atoms with Gasteiger partial charge in [0.25, 0.3) is 0 Å². The van der Waals surface area contributed by atoms with Crippen molar-refractivity contribution in [3.8, 4) is 17.6 Å². The molecule has 20 heavy (non-hydrogen) atoms. The van der Waals surface area contributed by atoms with Crippen LogP contribution in [0.2, 0.25) is 0 Å². The van der Waals surface area contributed by atoms with Gasteiger partial charge in [-0.15, -0.1) is 0 Å². The van der Waals surface area contributed by atoms with Crippen LogP contribution in [0, 0.1) is 11.8 Å². The number of morpholine rings is 1. The van der Waals surface area contributed by atoms with Gasteiger partial charge in [0.1, 0.15) is 12.4 Å². The minimum atomic E-state index is -0.145. The molecule has 1 aliphatic rings. The molecule has 1 N–H and O–H groups in total. The average molecular weight is 275 g/mol. The van der Waals surface area contributed by atoms with Crippen molar-refractivity contribution in [2.24, 2.45) is 0 Å². The van der Waals surface area contributed by atoms with E-state index >= 15 is 0 Å². The molecule has 1 unspecified atom stereocenters. The highest BCUT2D eigenvalue weighted by Crippen LogP contribution is 2.21. The Morgan fingerprint density at radius 3 is 3.05 bits per heavy atom. The standard InChI is InChI=1S/C16H21NO3/c1-13-12-20-9-7-17(13)11-14-5-6-16(19-2)15(10-14)4-3-8-18/h5-6,10,13,18H,7-9,11-12H2,1-2H3. The van der Waals surface area contributed by atoms with Crippen LogP contribution in [0.25, 0.3) is 0 Å². The largest absolute Gasteiger partial charge is 0.495 e. The maximum Gasteiger partial charge on any atom is 0.134 e. The molecule has 2 rings (SSSR count). The maximum absolute atomic E-state index is 8.82. The minimum Gasteiger partial charge on any atom is -0.495 e. The predicted octanol–water partition coefficient (Wildman–Crippen LogP) is 1.26. The number of rotatable bonds is 3. The molecular weight excluding hydrogens is 254 g/mol. The molecule has 0 spiro atoms. The van der Waals surface area contributed by atoms with Crippen LogP contribution in [0.4, 0.5) is 0 Å². The third kappa shape index (κ3) is 3.73. The van der Waals surface area contributed by atoms with Crippen molar-refractivity contribution >= 4 is 0 Å². The first-order valence-electron chi connectivity index (χ1n) is 6.83. The Hall–Kier alpha value is -1.54. The molecule has 1 heterocycles. The van der Waals surface area contributed by atoms with Crippen LogP contribution in [-0.2, 0) is 11.3 Å². The van der Waals surface area contributed by atoms with Gasteiger partial charge >= 0.3 is 0 Å². The normalized spacial score (nSPS) is 19.2. The van der Waals surface area contributed by atoms with E-state index in [4.69, 9.17) is 14.6 Å². The molecule has 1 saturated heterocycles. The lowest BCUT2D eigenvalue weighted by atomic mass is 10.1. The fourth-order valence-electron chi connectivity index (χ4n) is 2.32. The summed E-state index contributed by atoms with van der Waals surface area (Å²) in [6, 6.07) is 6.45. The van der Waals surface area contributed by atoms with Gasteiger partial charge in [0.15, 0.2) is 0 Å². The van der Waals surface area contributed by atoms with Crippen LogP contribution in [0.15, 0.2) is 18.2 Å². The molecule has 0 aromatic heterocycles. The minimum absolute atomic E-state index is 0.145. The molecule has 4 heteroatoms. The van der Waals surface area contributed by atoms with Gasteiger partial charge in [0.05, 0.1) is 25.9 Å². The van der Waals surface area contributed by atoms with Crippen LogP contribution >= 0.6 is 0 Å². The molecule has 0 radical (unpaired) electrons. The molecule has 1 atom stereocenters. The average Bonchev–Trinajstić information content (AvgIpc) is 2.47. The summed E-state index contributed by atoms with van der Waals surface area (Å²) < 4.78 is 10.7. The van der Waals surface area contributed by atoms with Crippen LogP contribution in [0.1, 0.15) is 18.1 Å². The van der Waals surface area contributed by atoms with Crippen LogP contribution in [0.5, 0.6) is 5.75 Å². The molecule has 0 bridgehead atoms. The Labute approximate surface area is 120 Å². The summed E-state index contributed by atoms with van der Waals surface area (Å²) in [4.78, 5) is 2.40. The van der Waals surface area contributed by atoms with Crippen molar-refractivity contribution in [1.29, 1.82) is 0 Å². The lowest BCUT2D eigenvalue weighted by molar-refractivity contribution is -0.00437. The van der Waals surface area contributed by atoms with Gasteiger partial charge in [-0.25, -0.2) is 0 Å². The number of aliphatic hydroxyl groups is 1. The highest BCUT2D eigenvalue weighted by Gasteiger charge is 2.18. The fraction of sp³-hybridized carbons (Fsp3) is 0.500. The first kappa shape index (κ1) is 14.9. The van der Waals surface area contributed by atoms with Gasteiger partial charge < -0.3 is 14.6 Å². The second kappa shape index (κ2) is 7.30. The van der Waals surface area contributed by atoms with Gasteiger partial charge in [-0.3, -0.25) is 4.90 Å².